The van der Waals surface area contributed by atoms with Crippen LogP contribution in [0.4, 0.5) is 8.78 Å². The molecule has 1 fully saturated rings. The first-order valence-corrected chi connectivity index (χ1v) is 7.38. The number of H-pyrrole nitrogens is 1. The molecular formula is C14H15F2N3O2S. The summed E-state index contributed by atoms with van der Waals surface area (Å²) in [7, 11) is 0. The van der Waals surface area contributed by atoms with Crippen molar-refractivity contribution in [1.29, 1.82) is 0 Å². The second kappa shape index (κ2) is 6.53. The molecule has 2 heterocycles. The molecule has 118 valence electrons. The van der Waals surface area contributed by atoms with Gasteiger partial charge in [-0.15, -0.1) is 0 Å². The minimum Gasteiger partial charge on any atom is -0.483 e. The van der Waals surface area contributed by atoms with Crippen molar-refractivity contribution in [1.82, 2.24) is 14.8 Å². The summed E-state index contributed by atoms with van der Waals surface area (Å²) in [6, 6.07) is 3.16. The fraction of sp³-hybridized carbons (Fsp3) is 0.429. The normalized spacial score (nSPS) is 17.8. The largest absolute Gasteiger partial charge is 0.483 e. The van der Waals surface area contributed by atoms with E-state index in [9.17, 15) is 8.78 Å². The zero-order chi connectivity index (χ0) is 15.5. The Kier molecular flexibility index (Phi) is 4.49. The van der Waals surface area contributed by atoms with Gasteiger partial charge in [0.05, 0.1) is 12.6 Å². The number of aromatic nitrogens is 3. The van der Waals surface area contributed by atoms with Gasteiger partial charge >= 0.3 is 0 Å². The average molecular weight is 327 g/mol. The monoisotopic (exact) mass is 327 g/mol. The predicted molar refractivity (Wildman–Crippen MR) is 77.1 cm³/mol. The summed E-state index contributed by atoms with van der Waals surface area (Å²) in [5, 5.41) is 6.79. The van der Waals surface area contributed by atoms with Crippen LogP contribution < -0.4 is 4.74 Å². The summed E-state index contributed by atoms with van der Waals surface area (Å²) in [5.41, 5.74) is 0. The number of aromatic amines is 1. The number of hydrogen-bond donors (Lipinski definition) is 1. The first-order valence-electron chi connectivity index (χ1n) is 6.97. The molecule has 1 N–H and O–H groups in total. The molecule has 0 radical (unpaired) electrons. The van der Waals surface area contributed by atoms with Crippen molar-refractivity contribution in [2.24, 2.45) is 0 Å². The van der Waals surface area contributed by atoms with Crippen LogP contribution in [0.25, 0.3) is 0 Å². The molecule has 1 aromatic carbocycles. The van der Waals surface area contributed by atoms with E-state index in [0.29, 0.717) is 17.1 Å². The molecule has 1 saturated heterocycles. The molecule has 2 aromatic rings. The number of ether oxygens (including phenoxy) is 2. The Morgan fingerprint density at radius 3 is 3.05 bits per heavy atom. The molecule has 1 atom stereocenters. The van der Waals surface area contributed by atoms with Crippen molar-refractivity contribution in [2.45, 2.75) is 32.1 Å². The van der Waals surface area contributed by atoms with E-state index in [1.807, 2.05) is 0 Å². The quantitative estimate of drug-likeness (QED) is 0.858. The molecule has 1 aromatic heterocycles. The zero-order valence-corrected chi connectivity index (χ0v) is 12.5. The molecule has 0 bridgehead atoms. The van der Waals surface area contributed by atoms with Gasteiger partial charge in [0.15, 0.2) is 22.2 Å². The molecule has 8 heteroatoms. The topological polar surface area (TPSA) is 52.1 Å². The molecule has 0 aliphatic carbocycles. The standard InChI is InChI=1S/C14H15F2N3O2S/c15-9-3-4-12(11(16)6-9)21-8-13-17-18-14(22)19(13)7-10-2-1-5-20-10/h3-4,6,10H,1-2,5,7-8H2,(H,18,22)/t10-/m1/s1. The highest BCUT2D eigenvalue weighted by Crippen LogP contribution is 2.19. The molecular weight excluding hydrogens is 312 g/mol. The lowest BCUT2D eigenvalue weighted by molar-refractivity contribution is 0.0948. The van der Waals surface area contributed by atoms with Crippen LogP contribution in [0.1, 0.15) is 18.7 Å². The van der Waals surface area contributed by atoms with E-state index >= 15 is 0 Å². The van der Waals surface area contributed by atoms with Crippen LogP contribution in [0, 0.1) is 16.4 Å². The summed E-state index contributed by atoms with van der Waals surface area (Å²) in [5.74, 6) is -0.881. The predicted octanol–water partition coefficient (Wildman–Crippen LogP) is 2.98. The van der Waals surface area contributed by atoms with Crippen LogP contribution in [0.15, 0.2) is 18.2 Å². The Bertz CT molecular complexity index is 710. The van der Waals surface area contributed by atoms with Crippen LogP contribution in [0.3, 0.4) is 0 Å². The third kappa shape index (κ3) is 3.33. The van der Waals surface area contributed by atoms with Gasteiger partial charge in [-0.1, -0.05) is 0 Å². The lowest BCUT2D eigenvalue weighted by Crippen LogP contribution is -2.18. The summed E-state index contributed by atoms with van der Waals surface area (Å²) in [6.07, 6.45) is 2.10. The third-order valence-corrected chi connectivity index (χ3v) is 3.81. The van der Waals surface area contributed by atoms with Crippen LogP contribution in [0.2, 0.25) is 0 Å². The SMILES string of the molecule is Fc1ccc(OCc2n[nH]c(=S)n2C[C@H]2CCCO2)c(F)c1. The van der Waals surface area contributed by atoms with Crippen molar-refractivity contribution in [2.75, 3.05) is 6.61 Å². The number of nitrogens with zero attached hydrogens (tertiary/aromatic N) is 2. The molecule has 0 unspecified atom stereocenters. The minimum absolute atomic E-state index is 0.0287. The fourth-order valence-corrected chi connectivity index (χ4v) is 2.60. The van der Waals surface area contributed by atoms with Gasteiger partial charge in [0.25, 0.3) is 0 Å². The van der Waals surface area contributed by atoms with Gasteiger partial charge in [0.1, 0.15) is 12.4 Å². The molecule has 1 aliphatic heterocycles. The Balaban J connectivity index is 1.71. The maximum Gasteiger partial charge on any atom is 0.195 e. The second-order valence-electron chi connectivity index (χ2n) is 5.05. The van der Waals surface area contributed by atoms with Gasteiger partial charge in [-0.3, -0.25) is 9.67 Å². The van der Waals surface area contributed by atoms with E-state index in [1.165, 1.54) is 6.07 Å². The number of halogens is 2. The van der Waals surface area contributed by atoms with Gasteiger partial charge in [0, 0.05) is 12.7 Å². The number of hydrogen-bond acceptors (Lipinski definition) is 4. The lowest BCUT2D eigenvalue weighted by Gasteiger charge is -2.13. The highest BCUT2D eigenvalue weighted by Gasteiger charge is 2.19. The number of rotatable bonds is 5. The molecule has 0 saturated carbocycles. The third-order valence-electron chi connectivity index (χ3n) is 3.50. The van der Waals surface area contributed by atoms with Gasteiger partial charge in [-0.25, -0.2) is 8.78 Å². The summed E-state index contributed by atoms with van der Waals surface area (Å²) >= 11 is 5.19. The summed E-state index contributed by atoms with van der Waals surface area (Å²) in [6.45, 7) is 1.37. The Labute approximate surface area is 130 Å². The van der Waals surface area contributed by atoms with Crippen LogP contribution in [-0.2, 0) is 17.9 Å². The summed E-state index contributed by atoms with van der Waals surface area (Å²) in [4.78, 5) is 0. The van der Waals surface area contributed by atoms with Gasteiger partial charge < -0.3 is 9.47 Å². The molecule has 0 spiro atoms. The van der Waals surface area contributed by atoms with Crippen LogP contribution >= 0.6 is 12.2 Å². The summed E-state index contributed by atoms with van der Waals surface area (Å²) < 4.78 is 39.6. The molecule has 3 rings (SSSR count). The Morgan fingerprint density at radius 1 is 1.45 bits per heavy atom. The maximum atomic E-state index is 13.5. The lowest BCUT2D eigenvalue weighted by atomic mass is 10.2. The fourth-order valence-electron chi connectivity index (χ4n) is 2.38. The smallest absolute Gasteiger partial charge is 0.195 e. The van der Waals surface area contributed by atoms with E-state index in [4.69, 9.17) is 21.7 Å². The first kappa shape index (κ1) is 15.1. The van der Waals surface area contributed by atoms with Crippen molar-refractivity contribution < 1.29 is 18.3 Å². The first-order chi connectivity index (χ1) is 10.6. The van der Waals surface area contributed by atoms with Crippen molar-refractivity contribution in [3.05, 3.63) is 40.4 Å². The van der Waals surface area contributed by atoms with Crippen molar-refractivity contribution in [3.63, 3.8) is 0 Å². The van der Waals surface area contributed by atoms with E-state index in [-0.39, 0.29) is 18.5 Å². The van der Waals surface area contributed by atoms with E-state index in [2.05, 4.69) is 10.2 Å². The minimum atomic E-state index is -0.750. The Hall–Kier alpha value is -1.80. The van der Waals surface area contributed by atoms with E-state index in [1.54, 1.807) is 4.57 Å². The van der Waals surface area contributed by atoms with Crippen LogP contribution in [-0.4, -0.2) is 27.5 Å². The average Bonchev–Trinajstić information content (AvgIpc) is 3.11. The second-order valence-corrected chi connectivity index (χ2v) is 5.44. The number of nitrogens with one attached hydrogen (secondary N) is 1. The van der Waals surface area contributed by atoms with E-state index < -0.39 is 11.6 Å². The molecule has 5 nitrogen and oxygen atoms in total. The molecule has 22 heavy (non-hydrogen) atoms. The maximum absolute atomic E-state index is 13.5. The van der Waals surface area contributed by atoms with Gasteiger partial charge in [0.2, 0.25) is 0 Å². The van der Waals surface area contributed by atoms with Crippen LogP contribution in [0.5, 0.6) is 5.75 Å². The van der Waals surface area contributed by atoms with Gasteiger partial charge in [-0.05, 0) is 37.2 Å². The Morgan fingerprint density at radius 2 is 2.32 bits per heavy atom. The van der Waals surface area contributed by atoms with Crippen molar-refractivity contribution in [3.8, 4) is 5.75 Å². The van der Waals surface area contributed by atoms with Gasteiger partial charge in [-0.2, -0.15) is 5.10 Å². The highest BCUT2D eigenvalue weighted by molar-refractivity contribution is 7.71. The molecule has 0 amide bonds. The molecule has 1 aliphatic rings. The highest BCUT2D eigenvalue weighted by atomic mass is 32.1. The van der Waals surface area contributed by atoms with Crippen molar-refractivity contribution >= 4 is 12.2 Å². The number of benzene rings is 1. The zero-order valence-electron chi connectivity index (χ0n) is 11.7. The van der Waals surface area contributed by atoms with E-state index in [0.717, 1.165) is 31.6 Å².